The number of hydrogen-bond donors (Lipinski definition) is 1. The summed E-state index contributed by atoms with van der Waals surface area (Å²) in [6.45, 7) is 4.68. The Bertz CT molecular complexity index is 278. The summed E-state index contributed by atoms with van der Waals surface area (Å²) < 4.78 is 38.3. The topological polar surface area (TPSA) is 29.3 Å². The van der Waals surface area contributed by atoms with Crippen LogP contribution in [0.25, 0.3) is 0 Å². The van der Waals surface area contributed by atoms with Crippen molar-refractivity contribution >= 4 is 17.2 Å². The highest BCUT2D eigenvalue weighted by atomic mass is 32.1. The smallest absolute Gasteiger partial charge is 0.393 e. The molecule has 0 bridgehead atoms. The molecule has 2 unspecified atom stereocenters. The van der Waals surface area contributed by atoms with Crippen molar-refractivity contribution in [2.45, 2.75) is 38.9 Å². The van der Waals surface area contributed by atoms with Crippen LogP contribution in [0, 0.1) is 11.8 Å². The molecule has 1 saturated heterocycles. The molecule has 0 amide bonds. The Kier molecular flexibility index (Phi) is 4.77. The fraction of sp³-hybridized carbons (Fsp3) is 0.909. The van der Waals surface area contributed by atoms with E-state index in [2.05, 4.69) is 12.2 Å². The van der Waals surface area contributed by atoms with Gasteiger partial charge in [-0.15, -0.1) is 0 Å². The van der Waals surface area contributed by atoms with Gasteiger partial charge in [0.05, 0.1) is 4.99 Å². The maximum Gasteiger partial charge on any atom is 0.399 e. The zero-order valence-corrected chi connectivity index (χ0v) is 10.9. The van der Waals surface area contributed by atoms with Crippen molar-refractivity contribution in [2.24, 2.45) is 17.6 Å². The molecule has 100 valence electrons. The van der Waals surface area contributed by atoms with Crippen molar-refractivity contribution in [3.05, 3.63) is 0 Å². The molecule has 1 aliphatic rings. The highest BCUT2D eigenvalue weighted by Crippen LogP contribution is 2.31. The Morgan fingerprint density at radius 2 is 2.06 bits per heavy atom. The molecule has 0 radical (unpaired) electrons. The van der Waals surface area contributed by atoms with Gasteiger partial charge >= 0.3 is 6.18 Å². The maximum absolute atomic E-state index is 12.8. The SMILES string of the molecule is CC(C)C1CCCN1CC(C(N)=S)C(F)(F)F. The van der Waals surface area contributed by atoms with Crippen molar-refractivity contribution in [1.82, 2.24) is 4.90 Å². The third kappa shape index (κ3) is 3.81. The number of rotatable bonds is 4. The molecule has 17 heavy (non-hydrogen) atoms. The monoisotopic (exact) mass is 268 g/mol. The average molecular weight is 268 g/mol. The van der Waals surface area contributed by atoms with Gasteiger partial charge in [-0.3, -0.25) is 4.90 Å². The van der Waals surface area contributed by atoms with Gasteiger partial charge in [0.15, 0.2) is 0 Å². The first-order valence-electron chi connectivity index (χ1n) is 5.83. The van der Waals surface area contributed by atoms with Gasteiger partial charge in [0.1, 0.15) is 5.92 Å². The van der Waals surface area contributed by atoms with Crippen LogP contribution in [-0.2, 0) is 0 Å². The molecule has 0 aromatic heterocycles. The molecule has 6 heteroatoms. The Morgan fingerprint density at radius 1 is 1.47 bits per heavy atom. The van der Waals surface area contributed by atoms with Gasteiger partial charge in [0, 0.05) is 12.6 Å². The Morgan fingerprint density at radius 3 is 2.47 bits per heavy atom. The van der Waals surface area contributed by atoms with E-state index < -0.39 is 17.1 Å². The second kappa shape index (κ2) is 5.52. The molecule has 1 aliphatic heterocycles. The van der Waals surface area contributed by atoms with Crippen molar-refractivity contribution in [1.29, 1.82) is 0 Å². The highest BCUT2D eigenvalue weighted by Gasteiger charge is 2.44. The number of alkyl halides is 3. The van der Waals surface area contributed by atoms with Crippen molar-refractivity contribution in [3.8, 4) is 0 Å². The minimum absolute atomic E-state index is 0.0956. The van der Waals surface area contributed by atoms with E-state index >= 15 is 0 Å². The molecule has 0 aromatic carbocycles. The summed E-state index contributed by atoms with van der Waals surface area (Å²) >= 11 is 4.54. The molecule has 1 rings (SSSR count). The summed E-state index contributed by atoms with van der Waals surface area (Å²) in [7, 11) is 0. The van der Waals surface area contributed by atoms with Crippen LogP contribution in [0.4, 0.5) is 13.2 Å². The van der Waals surface area contributed by atoms with Crippen LogP contribution in [0.2, 0.25) is 0 Å². The predicted octanol–water partition coefficient (Wildman–Crippen LogP) is 2.57. The van der Waals surface area contributed by atoms with Gasteiger partial charge in [-0.05, 0) is 25.3 Å². The van der Waals surface area contributed by atoms with Gasteiger partial charge in [-0.25, -0.2) is 0 Å². The third-order valence-electron chi connectivity index (χ3n) is 3.34. The number of hydrogen-bond acceptors (Lipinski definition) is 2. The lowest BCUT2D eigenvalue weighted by Gasteiger charge is -2.31. The second-order valence-electron chi connectivity index (χ2n) is 4.95. The summed E-state index contributed by atoms with van der Waals surface area (Å²) in [6.07, 6.45) is -2.43. The summed E-state index contributed by atoms with van der Waals surface area (Å²) in [6, 6.07) is 0.217. The molecular weight excluding hydrogens is 249 g/mol. The molecule has 0 spiro atoms. The molecule has 2 nitrogen and oxygen atoms in total. The molecule has 1 heterocycles. The van der Waals surface area contributed by atoms with E-state index in [0.29, 0.717) is 12.5 Å². The van der Waals surface area contributed by atoms with Crippen LogP contribution in [0.3, 0.4) is 0 Å². The lowest BCUT2D eigenvalue weighted by atomic mass is 10.0. The molecule has 0 aliphatic carbocycles. The first-order chi connectivity index (χ1) is 7.73. The number of nitrogens with zero attached hydrogens (tertiary/aromatic N) is 1. The highest BCUT2D eigenvalue weighted by molar-refractivity contribution is 7.80. The van der Waals surface area contributed by atoms with Crippen LogP contribution in [-0.4, -0.2) is 35.2 Å². The van der Waals surface area contributed by atoms with Crippen LogP contribution in [0.5, 0.6) is 0 Å². The molecule has 1 fully saturated rings. The number of nitrogens with two attached hydrogens (primary N) is 1. The standard InChI is InChI=1S/C11H19F3N2S/c1-7(2)9-4-3-5-16(9)6-8(10(15)17)11(12,13)14/h7-9H,3-6H2,1-2H3,(H2,15,17). The molecule has 0 saturated carbocycles. The largest absolute Gasteiger partial charge is 0.399 e. The number of likely N-dealkylation sites (tertiary alicyclic amines) is 1. The Labute approximate surface area is 105 Å². The van der Waals surface area contributed by atoms with Gasteiger partial charge < -0.3 is 5.73 Å². The van der Waals surface area contributed by atoms with Crippen LogP contribution in [0.1, 0.15) is 26.7 Å². The average Bonchev–Trinajstić information content (AvgIpc) is 2.59. The summed E-state index contributed by atoms with van der Waals surface area (Å²) in [5.41, 5.74) is 5.21. The van der Waals surface area contributed by atoms with Crippen molar-refractivity contribution in [3.63, 3.8) is 0 Å². The molecule has 2 N–H and O–H groups in total. The second-order valence-corrected chi connectivity index (χ2v) is 5.42. The van der Waals surface area contributed by atoms with Crippen molar-refractivity contribution in [2.75, 3.05) is 13.1 Å². The number of halogens is 3. The predicted molar refractivity (Wildman–Crippen MR) is 65.8 cm³/mol. The van der Waals surface area contributed by atoms with Crippen molar-refractivity contribution < 1.29 is 13.2 Å². The fourth-order valence-electron chi connectivity index (χ4n) is 2.42. The minimum Gasteiger partial charge on any atom is -0.393 e. The Hall–Kier alpha value is -0.360. The van der Waals surface area contributed by atoms with E-state index in [-0.39, 0.29) is 12.6 Å². The van der Waals surface area contributed by atoms with E-state index in [1.54, 1.807) is 0 Å². The summed E-state index contributed by atoms with van der Waals surface area (Å²) in [4.78, 5) is 1.43. The summed E-state index contributed by atoms with van der Waals surface area (Å²) in [5, 5.41) is 0. The molecule has 0 aromatic rings. The number of thiocarbonyl (C=S) groups is 1. The van der Waals surface area contributed by atoms with E-state index in [9.17, 15) is 13.2 Å². The molecular formula is C11H19F3N2S. The van der Waals surface area contributed by atoms with Gasteiger partial charge in [-0.1, -0.05) is 26.1 Å². The summed E-state index contributed by atoms with van der Waals surface area (Å²) in [5.74, 6) is -1.32. The fourth-order valence-corrected chi connectivity index (χ4v) is 2.63. The third-order valence-corrected chi connectivity index (χ3v) is 3.62. The van der Waals surface area contributed by atoms with E-state index in [1.807, 2.05) is 18.7 Å². The molecule has 2 atom stereocenters. The first kappa shape index (κ1) is 14.7. The minimum atomic E-state index is -4.34. The van der Waals surface area contributed by atoms with Gasteiger partial charge in [0.25, 0.3) is 0 Å². The zero-order chi connectivity index (χ0) is 13.2. The Balaban J connectivity index is 2.71. The van der Waals surface area contributed by atoms with E-state index in [0.717, 1.165) is 12.8 Å². The van der Waals surface area contributed by atoms with Crippen LogP contribution < -0.4 is 5.73 Å². The quantitative estimate of drug-likeness (QED) is 0.795. The van der Waals surface area contributed by atoms with Gasteiger partial charge in [-0.2, -0.15) is 13.2 Å². The lowest BCUT2D eigenvalue weighted by Crippen LogP contribution is -2.46. The van der Waals surface area contributed by atoms with E-state index in [4.69, 9.17) is 5.73 Å². The van der Waals surface area contributed by atoms with E-state index in [1.165, 1.54) is 0 Å². The zero-order valence-electron chi connectivity index (χ0n) is 10.1. The lowest BCUT2D eigenvalue weighted by molar-refractivity contribution is -0.160. The van der Waals surface area contributed by atoms with Gasteiger partial charge in [0.2, 0.25) is 0 Å². The van der Waals surface area contributed by atoms with Crippen LogP contribution in [0.15, 0.2) is 0 Å². The van der Waals surface area contributed by atoms with Crippen LogP contribution >= 0.6 is 12.2 Å². The maximum atomic E-state index is 12.8. The first-order valence-corrected chi connectivity index (χ1v) is 6.24. The normalized spacial score (nSPS) is 24.2.